The molecule has 55 heavy (non-hydrogen) atoms. The van der Waals surface area contributed by atoms with E-state index in [1.54, 1.807) is 14.2 Å². The molecule has 0 saturated carbocycles. The van der Waals surface area contributed by atoms with Crippen LogP contribution in [0.25, 0.3) is 32.8 Å². The van der Waals surface area contributed by atoms with Gasteiger partial charge in [-0.3, -0.25) is 0 Å². The zero-order valence-electron chi connectivity index (χ0n) is 32.1. The van der Waals surface area contributed by atoms with E-state index in [9.17, 15) is 0 Å². The summed E-state index contributed by atoms with van der Waals surface area (Å²) >= 11 is 0. The van der Waals surface area contributed by atoms with Gasteiger partial charge in [0.05, 0.1) is 52.9 Å². The summed E-state index contributed by atoms with van der Waals surface area (Å²) in [6.07, 6.45) is 6.32. The maximum atomic E-state index is 7.93. The van der Waals surface area contributed by atoms with Gasteiger partial charge in [-0.05, 0) is 83.0 Å². The van der Waals surface area contributed by atoms with Gasteiger partial charge in [0.2, 0.25) is 0 Å². The molecular formula is C47H47N3O5. The third kappa shape index (κ3) is 5.47. The Balaban J connectivity index is 1.32. The van der Waals surface area contributed by atoms with E-state index in [0.29, 0.717) is 18.9 Å². The van der Waals surface area contributed by atoms with Crippen molar-refractivity contribution in [3.63, 3.8) is 0 Å². The van der Waals surface area contributed by atoms with Crippen molar-refractivity contribution < 1.29 is 23.7 Å². The average Bonchev–Trinajstić information content (AvgIpc) is 3.56. The largest absolute Gasteiger partial charge is 0.497 e. The molecule has 5 aromatic rings. The van der Waals surface area contributed by atoms with Crippen molar-refractivity contribution in [1.82, 2.24) is 0 Å². The first-order chi connectivity index (χ1) is 27.0. The number of fused-ring (bicyclic) bond motifs is 8. The maximum Gasteiger partial charge on any atom is 0.187 e. The number of anilines is 2. The van der Waals surface area contributed by atoms with Crippen LogP contribution in [-0.4, -0.2) is 66.8 Å². The molecule has 1 unspecified atom stereocenters. The number of nitrogens with zero attached hydrogens (tertiary/aromatic N) is 3. The molecule has 1 atom stereocenters. The zero-order valence-corrected chi connectivity index (χ0v) is 32.1. The first-order valence-electron chi connectivity index (χ1n) is 19.5. The van der Waals surface area contributed by atoms with E-state index in [0.717, 1.165) is 103 Å². The SMILES string of the molecule is [C-]#[N+]c1ccc2c(c1)C(CC)(CC)c1c3c(c4cc(OC)c(N5CCOCC5)cc4c1-2)OC(c1ccc(OC)cc1)(c1ccc(N2CCOCC2)cc1)C=C3. The lowest BCUT2D eigenvalue weighted by molar-refractivity contribution is 0.122. The van der Waals surface area contributed by atoms with Gasteiger partial charge in [-0.2, -0.15) is 0 Å². The van der Waals surface area contributed by atoms with Gasteiger partial charge in [0.1, 0.15) is 17.2 Å². The third-order valence-corrected chi connectivity index (χ3v) is 12.5. The standard InChI is InChI=1S/C47H47N3O5/c1-6-46(7-2)40-28-33(48-3)12-17-36(40)43-38-29-41(50-22-26-54-27-23-50)42(52-5)30-39(38)45-37(44(43)46)18-19-47(55-45,32-10-15-35(51-4)16-11-32)31-8-13-34(14-9-31)49-20-24-53-25-21-49/h8-19,28-30H,6-7,20-27H2,1-2,4-5H3. The van der Waals surface area contributed by atoms with E-state index < -0.39 is 5.60 Å². The Hall–Kier alpha value is -5.49. The second-order valence-electron chi connectivity index (χ2n) is 14.8. The van der Waals surface area contributed by atoms with Gasteiger partial charge in [0, 0.05) is 59.4 Å². The highest BCUT2D eigenvalue weighted by atomic mass is 16.5. The van der Waals surface area contributed by atoms with E-state index in [-0.39, 0.29) is 5.41 Å². The summed E-state index contributed by atoms with van der Waals surface area (Å²) in [5, 5.41) is 2.12. The van der Waals surface area contributed by atoms with Crippen molar-refractivity contribution in [2.45, 2.75) is 37.7 Å². The first-order valence-corrected chi connectivity index (χ1v) is 19.5. The molecule has 8 nitrogen and oxygen atoms in total. The van der Waals surface area contributed by atoms with Crippen LogP contribution in [0.15, 0.2) is 84.9 Å². The van der Waals surface area contributed by atoms with E-state index in [2.05, 4.69) is 101 Å². The summed E-state index contributed by atoms with van der Waals surface area (Å²) in [7, 11) is 3.45. The second-order valence-corrected chi connectivity index (χ2v) is 14.8. The van der Waals surface area contributed by atoms with Crippen molar-refractivity contribution >= 4 is 33.9 Å². The second kappa shape index (κ2) is 14.0. The van der Waals surface area contributed by atoms with Crippen LogP contribution in [-0.2, 0) is 20.5 Å². The van der Waals surface area contributed by atoms with Crippen molar-refractivity contribution in [1.29, 1.82) is 0 Å². The van der Waals surface area contributed by atoms with Crippen molar-refractivity contribution in [3.8, 4) is 28.4 Å². The molecule has 0 N–H and O–H groups in total. The topological polar surface area (TPSA) is 57.0 Å². The van der Waals surface area contributed by atoms with Gasteiger partial charge in [0.15, 0.2) is 11.3 Å². The highest BCUT2D eigenvalue weighted by molar-refractivity contribution is 6.10. The summed E-state index contributed by atoms with van der Waals surface area (Å²) in [4.78, 5) is 8.63. The van der Waals surface area contributed by atoms with Crippen molar-refractivity contribution in [3.05, 3.63) is 124 Å². The Morgan fingerprint density at radius 2 is 1.40 bits per heavy atom. The Labute approximate surface area is 323 Å². The van der Waals surface area contributed by atoms with E-state index in [1.165, 1.54) is 27.9 Å². The molecule has 0 bridgehead atoms. The first kappa shape index (κ1) is 35.2. The van der Waals surface area contributed by atoms with Gasteiger partial charge in [0.25, 0.3) is 0 Å². The van der Waals surface area contributed by atoms with Crippen molar-refractivity contribution in [2.75, 3.05) is 76.6 Å². The third-order valence-electron chi connectivity index (χ3n) is 12.5. The lowest BCUT2D eigenvalue weighted by Crippen LogP contribution is -2.37. The molecule has 2 fully saturated rings. The summed E-state index contributed by atoms with van der Waals surface area (Å²) < 4.78 is 30.9. The lowest BCUT2D eigenvalue weighted by Gasteiger charge is -2.40. The van der Waals surface area contributed by atoms with Crippen LogP contribution in [0.5, 0.6) is 17.2 Å². The molecule has 1 aliphatic carbocycles. The molecule has 0 spiro atoms. The molecule has 0 amide bonds. The Morgan fingerprint density at radius 1 is 0.745 bits per heavy atom. The van der Waals surface area contributed by atoms with Gasteiger partial charge in [-0.15, -0.1) is 0 Å². The minimum absolute atomic E-state index is 0.309. The highest BCUT2D eigenvalue weighted by Crippen LogP contribution is 2.61. The Bertz CT molecular complexity index is 2330. The lowest BCUT2D eigenvalue weighted by atomic mass is 9.71. The number of morpholine rings is 2. The van der Waals surface area contributed by atoms with Gasteiger partial charge < -0.3 is 33.5 Å². The van der Waals surface area contributed by atoms with Gasteiger partial charge >= 0.3 is 0 Å². The Kier molecular flexibility index (Phi) is 8.95. The van der Waals surface area contributed by atoms with E-state index in [1.807, 2.05) is 18.2 Å². The fraction of sp³-hybridized carbons (Fsp3) is 0.340. The van der Waals surface area contributed by atoms with Crippen LogP contribution >= 0.6 is 0 Å². The van der Waals surface area contributed by atoms with Crippen molar-refractivity contribution in [2.24, 2.45) is 0 Å². The smallest absolute Gasteiger partial charge is 0.187 e. The van der Waals surface area contributed by atoms with Crippen LogP contribution in [0.3, 0.4) is 0 Å². The molecular weight excluding hydrogens is 687 g/mol. The average molecular weight is 734 g/mol. The van der Waals surface area contributed by atoms with Crippen LogP contribution < -0.4 is 24.0 Å². The van der Waals surface area contributed by atoms with E-state index >= 15 is 0 Å². The Morgan fingerprint density at radius 3 is 2.02 bits per heavy atom. The number of hydrogen-bond acceptors (Lipinski definition) is 7. The summed E-state index contributed by atoms with van der Waals surface area (Å²) in [5.41, 5.74) is 9.67. The number of methoxy groups -OCH3 is 2. The van der Waals surface area contributed by atoms with Crippen LogP contribution in [0.4, 0.5) is 17.1 Å². The fourth-order valence-corrected chi connectivity index (χ4v) is 9.54. The monoisotopic (exact) mass is 733 g/mol. The summed E-state index contributed by atoms with van der Waals surface area (Å²) in [6, 6.07) is 27.9. The summed E-state index contributed by atoms with van der Waals surface area (Å²) in [6.45, 7) is 18.6. The minimum Gasteiger partial charge on any atom is -0.497 e. The number of ether oxygens (including phenoxy) is 5. The highest BCUT2D eigenvalue weighted by Gasteiger charge is 2.47. The van der Waals surface area contributed by atoms with Gasteiger partial charge in [-0.1, -0.05) is 62.4 Å². The van der Waals surface area contributed by atoms with Crippen LogP contribution in [0.1, 0.15) is 54.5 Å². The molecule has 4 aliphatic rings. The predicted molar refractivity (Wildman–Crippen MR) is 220 cm³/mol. The van der Waals surface area contributed by atoms with Crippen LogP contribution in [0.2, 0.25) is 0 Å². The minimum atomic E-state index is -0.941. The molecule has 3 heterocycles. The molecule has 2 saturated heterocycles. The number of benzene rings is 5. The molecule has 280 valence electrons. The van der Waals surface area contributed by atoms with E-state index in [4.69, 9.17) is 30.3 Å². The molecule has 0 aromatic heterocycles. The molecule has 3 aliphatic heterocycles. The zero-order chi connectivity index (χ0) is 37.7. The molecule has 0 radical (unpaired) electrons. The summed E-state index contributed by atoms with van der Waals surface area (Å²) in [5.74, 6) is 2.43. The van der Waals surface area contributed by atoms with Gasteiger partial charge in [-0.25, -0.2) is 4.85 Å². The maximum absolute atomic E-state index is 7.93. The molecule has 5 aromatic carbocycles. The quantitative estimate of drug-likeness (QED) is 0.147. The number of hydrogen-bond donors (Lipinski definition) is 0. The molecule has 8 heteroatoms. The fourth-order valence-electron chi connectivity index (χ4n) is 9.54. The predicted octanol–water partition coefficient (Wildman–Crippen LogP) is 9.52. The molecule has 9 rings (SSSR count). The number of rotatable bonds is 8. The van der Waals surface area contributed by atoms with Crippen LogP contribution in [0, 0.1) is 6.57 Å². The normalized spacial score (nSPS) is 19.6.